The number of thioether (sulfide) groups is 1. The molecule has 24 heavy (non-hydrogen) atoms. The molecule has 1 atom stereocenters. The summed E-state index contributed by atoms with van der Waals surface area (Å²) in [6.07, 6.45) is 1.01. The Bertz CT molecular complexity index is 698. The van der Waals surface area contributed by atoms with Crippen molar-refractivity contribution in [3.63, 3.8) is 0 Å². The van der Waals surface area contributed by atoms with Crippen molar-refractivity contribution in [1.82, 2.24) is 5.32 Å². The molecule has 1 N–H and O–H groups in total. The zero-order valence-electron chi connectivity index (χ0n) is 13.8. The van der Waals surface area contributed by atoms with Crippen LogP contribution in [0, 0.1) is 0 Å². The van der Waals surface area contributed by atoms with Crippen LogP contribution in [-0.2, 0) is 6.42 Å². The van der Waals surface area contributed by atoms with Crippen LogP contribution in [0.5, 0.6) is 0 Å². The molecule has 0 fully saturated rings. The van der Waals surface area contributed by atoms with Crippen molar-refractivity contribution in [2.45, 2.75) is 17.4 Å². The molecular formula is C22H23NS. The van der Waals surface area contributed by atoms with Gasteiger partial charge in [0, 0.05) is 23.2 Å². The van der Waals surface area contributed by atoms with E-state index >= 15 is 0 Å². The van der Waals surface area contributed by atoms with E-state index in [2.05, 4.69) is 96.3 Å². The van der Waals surface area contributed by atoms with Gasteiger partial charge in [-0.2, -0.15) is 0 Å². The fraction of sp³-hybridized carbons (Fsp3) is 0.182. The lowest BCUT2D eigenvalue weighted by Crippen LogP contribution is -2.25. The van der Waals surface area contributed by atoms with E-state index in [0.717, 1.165) is 18.7 Å². The Hall–Kier alpha value is -2.03. The van der Waals surface area contributed by atoms with Gasteiger partial charge in [0.15, 0.2) is 0 Å². The molecule has 0 radical (unpaired) electrons. The molecule has 0 aromatic heterocycles. The number of hydrogen-bond donors (Lipinski definition) is 1. The Morgan fingerprint density at radius 2 is 1.29 bits per heavy atom. The summed E-state index contributed by atoms with van der Waals surface area (Å²) in [5, 5.41) is 3.73. The molecule has 1 nitrogen and oxygen atoms in total. The molecule has 0 bridgehead atoms. The third kappa shape index (κ3) is 5.26. The first kappa shape index (κ1) is 16.8. The van der Waals surface area contributed by atoms with Crippen LogP contribution in [0.3, 0.4) is 0 Å². The molecule has 0 unspecified atom stereocenters. The van der Waals surface area contributed by atoms with Gasteiger partial charge in [0.25, 0.3) is 0 Å². The second-order valence-electron chi connectivity index (χ2n) is 5.77. The summed E-state index contributed by atoms with van der Waals surface area (Å²) < 4.78 is 0. The number of benzene rings is 3. The molecule has 0 saturated carbocycles. The highest BCUT2D eigenvalue weighted by Crippen LogP contribution is 2.20. The Morgan fingerprint density at radius 3 is 1.96 bits per heavy atom. The minimum Gasteiger partial charge on any atom is -0.309 e. The number of nitrogens with one attached hydrogen (secondary N) is 1. The van der Waals surface area contributed by atoms with Crippen molar-refractivity contribution in [2.24, 2.45) is 0 Å². The average molecular weight is 334 g/mol. The number of rotatable bonds is 8. The summed E-state index contributed by atoms with van der Waals surface area (Å²) in [5.41, 5.74) is 2.72. The Balaban J connectivity index is 1.58. The molecule has 0 saturated heterocycles. The lowest BCUT2D eigenvalue weighted by atomic mass is 9.99. The van der Waals surface area contributed by atoms with E-state index in [1.54, 1.807) is 0 Å². The van der Waals surface area contributed by atoms with E-state index in [-0.39, 0.29) is 0 Å². The molecule has 0 heterocycles. The normalized spacial score (nSPS) is 12.0. The molecular weight excluding hydrogens is 310 g/mol. The fourth-order valence-corrected chi connectivity index (χ4v) is 3.57. The molecule has 0 aliphatic carbocycles. The molecule has 0 aliphatic rings. The van der Waals surface area contributed by atoms with E-state index in [9.17, 15) is 0 Å². The van der Waals surface area contributed by atoms with Crippen molar-refractivity contribution >= 4 is 11.8 Å². The Morgan fingerprint density at radius 1 is 0.708 bits per heavy atom. The lowest BCUT2D eigenvalue weighted by Gasteiger charge is -2.19. The SMILES string of the molecule is c1ccc(C[C@H](NCCSc2ccccc2)c2ccccc2)cc1. The summed E-state index contributed by atoms with van der Waals surface area (Å²) in [6.45, 7) is 0.992. The van der Waals surface area contributed by atoms with Crippen molar-refractivity contribution in [3.05, 3.63) is 102 Å². The third-order valence-corrected chi connectivity index (χ3v) is 5.00. The van der Waals surface area contributed by atoms with Crippen molar-refractivity contribution in [3.8, 4) is 0 Å². The van der Waals surface area contributed by atoms with Gasteiger partial charge in [-0.1, -0.05) is 78.9 Å². The van der Waals surface area contributed by atoms with Crippen molar-refractivity contribution < 1.29 is 0 Å². The van der Waals surface area contributed by atoms with Crippen LogP contribution in [0.1, 0.15) is 17.2 Å². The van der Waals surface area contributed by atoms with Gasteiger partial charge in [0.1, 0.15) is 0 Å². The maximum Gasteiger partial charge on any atom is 0.0361 e. The standard InChI is InChI=1S/C22H23NS/c1-4-10-19(11-5-1)18-22(20-12-6-2-7-13-20)23-16-17-24-21-14-8-3-9-15-21/h1-15,22-23H,16-18H2/t22-/m0/s1. The molecule has 3 aromatic carbocycles. The van der Waals surface area contributed by atoms with Gasteiger partial charge in [-0.05, 0) is 29.7 Å². The summed E-state index contributed by atoms with van der Waals surface area (Å²) in [5.74, 6) is 1.07. The molecule has 3 rings (SSSR count). The maximum absolute atomic E-state index is 3.73. The third-order valence-electron chi connectivity index (χ3n) is 3.99. The van der Waals surface area contributed by atoms with Gasteiger partial charge >= 0.3 is 0 Å². The maximum atomic E-state index is 3.73. The summed E-state index contributed by atoms with van der Waals surface area (Å²) in [7, 11) is 0. The second-order valence-corrected chi connectivity index (χ2v) is 6.94. The van der Waals surface area contributed by atoms with Crippen LogP contribution in [0.2, 0.25) is 0 Å². The molecule has 0 amide bonds. The Kier molecular flexibility index (Phi) is 6.52. The second kappa shape index (κ2) is 9.31. The first-order chi connectivity index (χ1) is 11.9. The molecule has 2 heteroatoms. The smallest absolute Gasteiger partial charge is 0.0361 e. The van der Waals surface area contributed by atoms with Gasteiger partial charge in [0.2, 0.25) is 0 Å². The largest absolute Gasteiger partial charge is 0.309 e. The van der Waals surface area contributed by atoms with Gasteiger partial charge in [-0.25, -0.2) is 0 Å². The first-order valence-corrected chi connectivity index (χ1v) is 9.40. The monoisotopic (exact) mass is 333 g/mol. The van der Waals surface area contributed by atoms with E-state index in [4.69, 9.17) is 0 Å². The quantitative estimate of drug-likeness (QED) is 0.440. The molecule has 3 aromatic rings. The summed E-state index contributed by atoms with van der Waals surface area (Å²) in [6, 6.07) is 32.4. The molecule has 0 spiro atoms. The van der Waals surface area contributed by atoms with Crippen LogP contribution in [0.4, 0.5) is 0 Å². The van der Waals surface area contributed by atoms with E-state index < -0.39 is 0 Å². The van der Waals surface area contributed by atoms with Gasteiger partial charge in [-0.3, -0.25) is 0 Å². The minimum atomic E-state index is 0.352. The fourth-order valence-electron chi connectivity index (χ4n) is 2.76. The van der Waals surface area contributed by atoms with E-state index in [1.165, 1.54) is 16.0 Å². The highest BCUT2D eigenvalue weighted by atomic mass is 32.2. The van der Waals surface area contributed by atoms with Crippen molar-refractivity contribution in [1.29, 1.82) is 0 Å². The van der Waals surface area contributed by atoms with E-state index in [1.807, 2.05) is 11.8 Å². The zero-order chi connectivity index (χ0) is 16.5. The predicted molar refractivity (Wildman–Crippen MR) is 104 cm³/mol. The van der Waals surface area contributed by atoms with Crippen molar-refractivity contribution in [2.75, 3.05) is 12.3 Å². The molecule has 0 aliphatic heterocycles. The predicted octanol–water partition coefficient (Wildman–Crippen LogP) is 5.35. The molecule has 122 valence electrons. The summed E-state index contributed by atoms with van der Waals surface area (Å²) >= 11 is 1.90. The van der Waals surface area contributed by atoms with Crippen LogP contribution >= 0.6 is 11.8 Å². The van der Waals surface area contributed by atoms with Crippen LogP contribution in [-0.4, -0.2) is 12.3 Å². The highest BCUT2D eigenvalue weighted by Gasteiger charge is 2.11. The van der Waals surface area contributed by atoms with Crippen LogP contribution < -0.4 is 5.32 Å². The van der Waals surface area contributed by atoms with Gasteiger partial charge in [-0.15, -0.1) is 11.8 Å². The highest BCUT2D eigenvalue weighted by molar-refractivity contribution is 7.99. The summed E-state index contributed by atoms with van der Waals surface area (Å²) in [4.78, 5) is 1.33. The van der Waals surface area contributed by atoms with Gasteiger partial charge in [0.05, 0.1) is 0 Å². The first-order valence-electron chi connectivity index (χ1n) is 8.42. The van der Waals surface area contributed by atoms with Gasteiger partial charge < -0.3 is 5.32 Å². The Labute approximate surface area is 149 Å². The zero-order valence-corrected chi connectivity index (χ0v) is 14.6. The van der Waals surface area contributed by atoms with E-state index in [0.29, 0.717) is 6.04 Å². The average Bonchev–Trinajstić information content (AvgIpc) is 2.66. The van der Waals surface area contributed by atoms with Crippen LogP contribution in [0.25, 0.3) is 0 Å². The topological polar surface area (TPSA) is 12.0 Å². The lowest BCUT2D eigenvalue weighted by molar-refractivity contribution is 0.552. The van der Waals surface area contributed by atoms with Crippen LogP contribution in [0.15, 0.2) is 95.9 Å². The minimum absolute atomic E-state index is 0.352. The number of hydrogen-bond acceptors (Lipinski definition) is 2.